The van der Waals surface area contributed by atoms with Gasteiger partial charge >= 0.3 is 5.97 Å². The SMILES string of the molecule is CCCc1cccc2c1OC(C)(CCC(=O)OCC)CC2. The van der Waals surface area contributed by atoms with Gasteiger partial charge in [0.1, 0.15) is 11.4 Å². The van der Waals surface area contributed by atoms with Crippen LogP contribution in [0.15, 0.2) is 18.2 Å². The summed E-state index contributed by atoms with van der Waals surface area (Å²) in [5, 5.41) is 0. The molecule has 21 heavy (non-hydrogen) atoms. The number of esters is 1. The molecule has 116 valence electrons. The van der Waals surface area contributed by atoms with Gasteiger partial charge in [0.2, 0.25) is 0 Å². The van der Waals surface area contributed by atoms with Gasteiger partial charge in [0, 0.05) is 6.42 Å². The highest BCUT2D eigenvalue weighted by Gasteiger charge is 2.33. The minimum absolute atomic E-state index is 0.130. The van der Waals surface area contributed by atoms with Gasteiger partial charge in [0.15, 0.2) is 0 Å². The van der Waals surface area contributed by atoms with Gasteiger partial charge < -0.3 is 9.47 Å². The zero-order chi connectivity index (χ0) is 15.3. The molecule has 0 amide bonds. The van der Waals surface area contributed by atoms with Crippen LogP contribution in [0.25, 0.3) is 0 Å². The molecule has 1 unspecified atom stereocenters. The first kappa shape index (κ1) is 15.9. The zero-order valence-electron chi connectivity index (χ0n) is 13.4. The van der Waals surface area contributed by atoms with Gasteiger partial charge in [-0.3, -0.25) is 4.79 Å². The van der Waals surface area contributed by atoms with E-state index in [9.17, 15) is 4.79 Å². The molecule has 0 aliphatic carbocycles. The fraction of sp³-hybridized carbons (Fsp3) is 0.611. The summed E-state index contributed by atoms with van der Waals surface area (Å²) < 4.78 is 11.3. The van der Waals surface area contributed by atoms with Gasteiger partial charge in [0.05, 0.1) is 6.61 Å². The molecule has 0 saturated heterocycles. The standard InChI is InChI=1S/C18H26O3/c1-4-7-14-8-6-9-15-10-12-18(3,21-17(14)15)13-11-16(19)20-5-2/h6,8-9H,4-5,7,10-13H2,1-3H3. The van der Waals surface area contributed by atoms with Crippen molar-refractivity contribution in [2.45, 2.75) is 64.9 Å². The Labute approximate surface area is 127 Å². The molecule has 3 heteroatoms. The van der Waals surface area contributed by atoms with Gasteiger partial charge in [-0.2, -0.15) is 0 Å². The molecule has 1 aromatic rings. The minimum Gasteiger partial charge on any atom is -0.487 e. The number of hydrogen-bond acceptors (Lipinski definition) is 3. The lowest BCUT2D eigenvalue weighted by Crippen LogP contribution is -2.37. The highest BCUT2D eigenvalue weighted by molar-refractivity contribution is 5.69. The fourth-order valence-corrected chi connectivity index (χ4v) is 2.90. The van der Waals surface area contributed by atoms with Crippen molar-refractivity contribution in [3.63, 3.8) is 0 Å². The Morgan fingerprint density at radius 2 is 2.19 bits per heavy atom. The van der Waals surface area contributed by atoms with Crippen LogP contribution in [0.4, 0.5) is 0 Å². The molecule has 2 rings (SSSR count). The van der Waals surface area contributed by atoms with Gasteiger partial charge in [-0.05, 0) is 50.7 Å². The molecule has 3 nitrogen and oxygen atoms in total. The molecule has 1 aliphatic heterocycles. The zero-order valence-corrected chi connectivity index (χ0v) is 13.4. The Kier molecular flexibility index (Phi) is 5.27. The van der Waals surface area contributed by atoms with Gasteiger partial charge in [0.25, 0.3) is 0 Å². The number of benzene rings is 1. The Balaban J connectivity index is 2.08. The Morgan fingerprint density at radius 3 is 2.90 bits per heavy atom. The van der Waals surface area contributed by atoms with E-state index >= 15 is 0 Å². The second kappa shape index (κ2) is 6.97. The van der Waals surface area contributed by atoms with Crippen LogP contribution < -0.4 is 4.74 Å². The van der Waals surface area contributed by atoms with E-state index in [0.29, 0.717) is 19.4 Å². The average molecular weight is 290 g/mol. The summed E-state index contributed by atoms with van der Waals surface area (Å²) in [5.74, 6) is 0.923. The second-order valence-electron chi connectivity index (χ2n) is 6.01. The van der Waals surface area contributed by atoms with E-state index in [1.807, 2.05) is 6.92 Å². The monoisotopic (exact) mass is 290 g/mol. The maximum absolute atomic E-state index is 11.6. The first-order chi connectivity index (χ1) is 10.1. The topological polar surface area (TPSA) is 35.5 Å². The van der Waals surface area contributed by atoms with E-state index < -0.39 is 0 Å². The van der Waals surface area contributed by atoms with Crippen LogP contribution in [0.3, 0.4) is 0 Å². The summed E-state index contributed by atoms with van der Waals surface area (Å²) in [4.78, 5) is 11.6. The van der Waals surface area contributed by atoms with E-state index in [-0.39, 0.29) is 11.6 Å². The maximum atomic E-state index is 11.6. The second-order valence-corrected chi connectivity index (χ2v) is 6.01. The van der Waals surface area contributed by atoms with Crippen molar-refractivity contribution in [3.05, 3.63) is 29.3 Å². The predicted octanol–water partition coefficient (Wildman–Crippen LogP) is 4.07. The van der Waals surface area contributed by atoms with E-state index in [0.717, 1.165) is 31.4 Å². The summed E-state index contributed by atoms with van der Waals surface area (Å²) in [6.45, 7) is 6.57. The van der Waals surface area contributed by atoms with E-state index in [1.165, 1.54) is 11.1 Å². The molecule has 0 N–H and O–H groups in total. The minimum atomic E-state index is -0.260. The molecule has 1 atom stereocenters. The lowest BCUT2D eigenvalue weighted by atomic mass is 9.87. The molecule has 0 saturated carbocycles. The number of rotatable bonds is 6. The molecule has 1 heterocycles. The fourth-order valence-electron chi connectivity index (χ4n) is 2.90. The van der Waals surface area contributed by atoms with Crippen molar-refractivity contribution in [2.75, 3.05) is 6.61 Å². The van der Waals surface area contributed by atoms with Gasteiger partial charge in [-0.25, -0.2) is 0 Å². The molecule has 1 aliphatic rings. The Morgan fingerprint density at radius 1 is 1.38 bits per heavy atom. The van der Waals surface area contributed by atoms with E-state index in [1.54, 1.807) is 0 Å². The van der Waals surface area contributed by atoms with E-state index in [4.69, 9.17) is 9.47 Å². The first-order valence-electron chi connectivity index (χ1n) is 8.03. The van der Waals surface area contributed by atoms with Crippen LogP contribution in [0.2, 0.25) is 0 Å². The molecule has 0 bridgehead atoms. The van der Waals surface area contributed by atoms with Crippen LogP contribution in [-0.2, 0) is 22.4 Å². The third-order valence-electron chi connectivity index (χ3n) is 4.13. The number of para-hydroxylation sites is 1. The van der Waals surface area contributed by atoms with Crippen LogP contribution in [0, 0.1) is 0 Å². The third kappa shape index (κ3) is 3.99. The van der Waals surface area contributed by atoms with Crippen LogP contribution in [-0.4, -0.2) is 18.2 Å². The number of fused-ring (bicyclic) bond motifs is 1. The summed E-state index contributed by atoms with van der Waals surface area (Å²) in [6, 6.07) is 6.42. The molecule has 0 fully saturated rings. The number of carbonyl (C=O) groups excluding carboxylic acids is 1. The smallest absolute Gasteiger partial charge is 0.305 e. The van der Waals surface area contributed by atoms with Crippen LogP contribution in [0.5, 0.6) is 5.75 Å². The molecule has 0 radical (unpaired) electrons. The number of aryl methyl sites for hydroxylation is 2. The summed E-state index contributed by atoms with van der Waals surface area (Å²) >= 11 is 0. The van der Waals surface area contributed by atoms with Crippen molar-refractivity contribution < 1.29 is 14.3 Å². The van der Waals surface area contributed by atoms with Crippen molar-refractivity contribution in [2.24, 2.45) is 0 Å². The molecule has 1 aromatic carbocycles. The van der Waals surface area contributed by atoms with Crippen LogP contribution in [0.1, 0.15) is 57.6 Å². The highest BCUT2D eigenvalue weighted by atomic mass is 16.5. The lowest BCUT2D eigenvalue weighted by molar-refractivity contribution is -0.144. The van der Waals surface area contributed by atoms with Gasteiger partial charge in [-0.15, -0.1) is 0 Å². The average Bonchev–Trinajstić information content (AvgIpc) is 2.47. The van der Waals surface area contributed by atoms with Gasteiger partial charge in [-0.1, -0.05) is 31.5 Å². The lowest BCUT2D eigenvalue weighted by Gasteiger charge is -2.37. The summed E-state index contributed by atoms with van der Waals surface area (Å²) in [6.07, 6.45) is 5.26. The number of ether oxygens (including phenoxy) is 2. The first-order valence-corrected chi connectivity index (χ1v) is 8.03. The maximum Gasteiger partial charge on any atom is 0.305 e. The van der Waals surface area contributed by atoms with E-state index in [2.05, 4.69) is 32.0 Å². The quantitative estimate of drug-likeness (QED) is 0.741. The van der Waals surface area contributed by atoms with Crippen molar-refractivity contribution in [1.82, 2.24) is 0 Å². The van der Waals surface area contributed by atoms with Crippen molar-refractivity contribution in [1.29, 1.82) is 0 Å². The van der Waals surface area contributed by atoms with Crippen molar-refractivity contribution in [3.8, 4) is 5.75 Å². The van der Waals surface area contributed by atoms with Crippen LogP contribution >= 0.6 is 0 Å². The Bertz CT molecular complexity index is 495. The highest BCUT2D eigenvalue weighted by Crippen LogP contribution is 2.38. The van der Waals surface area contributed by atoms with Crippen molar-refractivity contribution >= 4 is 5.97 Å². The number of carbonyl (C=O) groups is 1. The normalized spacial score (nSPS) is 20.5. The third-order valence-corrected chi connectivity index (χ3v) is 4.13. The molecular formula is C18H26O3. The predicted molar refractivity (Wildman–Crippen MR) is 83.7 cm³/mol. The molecule has 0 spiro atoms. The summed E-state index contributed by atoms with van der Waals surface area (Å²) in [5.41, 5.74) is 2.33. The molecule has 0 aromatic heterocycles. The number of hydrogen-bond donors (Lipinski definition) is 0. The Hall–Kier alpha value is -1.51. The molecular weight excluding hydrogens is 264 g/mol. The largest absolute Gasteiger partial charge is 0.487 e. The summed E-state index contributed by atoms with van der Waals surface area (Å²) in [7, 11) is 0.